The number of aliphatic hydroxyl groups is 1. The third-order valence-corrected chi connectivity index (χ3v) is 6.22. The number of hydrogen-bond acceptors (Lipinski definition) is 5. The number of hydrogen-bond donors (Lipinski definition) is 5. The Hall–Kier alpha value is -3.84. The van der Waals surface area contributed by atoms with Gasteiger partial charge in [0.2, 0.25) is 5.91 Å². The maximum absolute atomic E-state index is 13.1. The second-order valence-electron chi connectivity index (χ2n) is 8.91. The molecular formula is C27H28N2O5. The third-order valence-electron chi connectivity index (χ3n) is 6.22. The van der Waals surface area contributed by atoms with Crippen molar-refractivity contribution in [1.29, 1.82) is 0 Å². The fraction of sp³-hybridized carbons (Fsp3) is 0.259. The SMILES string of the molecule is Cc1ccc(NC(=O)C2(c3ccc(O)c(O)c3)CC2)cc1-c1ccc(C(=O)NC[C@H](C)O)cc1. The van der Waals surface area contributed by atoms with Crippen LogP contribution in [0.15, 0.2) is 60.7 Å². The van der Waals surface area contributed by atoms with E-state index < -0.39 is 11.5 Å². The summed E-state index contributed by atoms with van der Waals surface area (Å²) < 4.78 is 0. The van der Waals surface area contributed by atoms with Gasteiger partial charge in [0.05, 0.1) is 11.5 Å². The van der Waals surface area contributed by atoms with Gasteiger partial charge in [-0.2, -0.15) is 0 Å². The number of aryl methyl sites for hydroxylation is 1. The highest BCUT2D eigenvalue weighted by molar-refractivity contribution is 6.02. The number of amides is 2. The van der Waals surface area contributed by atoms with Gasteiger partial charge in [-0.3, -0.25) is 9.59 Å². The number of phenolic OH excluding ortho intramolecular Hbond substituents is 2. The molecule has 0 saturated heterocycles. The predicted octanol–water partition coefficient (Wildman–Crippen LogP) is 3.85. The van der Waals surface area contributed by atoms with E-state index in [-0.39, 0.29) is 29.9 Å². The normalized spacial score (nSPS) is 14.8. The molecule has 0 aromatic heterocycles. The van der Waals surface area contributed by atoms with Gasteiger partial charge in [0.15, 0.2) is 11.5 Å². The smallest absolute Gasteiger partial charge is 0.251 e. The van der Waals surface area contributed by atoms with Crippen LogP contribution in [0.2, 0.25) is 0 Å². The van der Waals surface area contributed by atoms with Gasteiger partial charge in [0.25, 0.3) is 5.91 Å². The Bertz CT molecular complexity index is 1230. The van der Waals surface area contributed by atoms with E-state index in [1.807, 2.05) is 37.3 Å². The van der Waals surface area contributed by atoms with Crippen LogP contribution in [-0.2, 0) is 10.2 Å². The van der Waals surface area contributed by atoms with Crippen molar-refractivity contribution in [3.63, 3.8) is 0 Å². The number of phenols is 2. The van der Waals surface area contributed by atoms with Gasteiger partial charge in [0, 0.05) is 17.8 Å². The lowest BCUT2D eigenvalue weighted by atomic mass is 9.94. The number of carbonyl (C=O) groups is 2. The summed E-state index contributed by atoms with van der Waals surface area (Å²) in [6.45, 7) is 3.77. The van der Waals surface area contributed by atoms with E-state index in [1.165, 1.54) is 12.1 Å². The highest BCUT2D eigenvalue weighted by atomic mass is 16.3. The number of nitrogens with one attached hydrogen (secondary N) is 2. The zero-order valence-corrected chi connectivity index (χ0v) is 19.1. The van der Waals surface area contributed by atoms with Crippen LogP contribution in [0.1, 0.15) is 41.3 Å². The van der Waals surface area contributed by atoms with Gasteiger partial charge in [-0.25, -0.2) is 0 Å². The number of aromatic hydroxyl groups is 2. The van der Waals surface area contributed by atoms with Crippen LogP contribution < -0.4 is 10.6 Å². The van der Waals surface area contributed by atoms with Crippen molar-refractivity contribution in [3.05, 3.63) is 77.4 Å². The Morgan fingerprint density at radius 2 is 1.68 bits per heavy atom. The summed E-state index contributed by atoms with van der Waals surface area (Å²) in [4.78, 5) is 25.3. The Balaban J connectivity index is 1.52. The molecule has 0 heterocycles. The molecule has 4 rings (SSSR count). The van der Waals surface area contributed by atoms with E-state index in [1.54, 1.807) is 25.1 Å². The molecule has 1 saturated carbocycles. The van der Waals surface area contributed by atoms with E-state index in [4.69, 9.17) is 0 Å². The second-order valence-corrected chi connectivity index (χ2v) is 8.91. The van der Waals surface area contributed by atoms with E-state index in [0.29, 0.717) is 29.7 Å². The summed E-state index contributed by atoms with van der Waals surface area (Å²) in [6, 6.07) is 17.4. The lowest BCUT2D eigenvalue weighted by Gasteiger charge is -2.17. The molecule has 7 heteroatoms. The molecule has 3 aromatic rings. The molecule has 3 aromatic carbocycles. The van der Waals surface area contributed by atoms with Gasteiger partial charge in [-0.05, 0) is 85.3 Å². The highest BCUT2D eigenvalue weighted by Gasteiger charge is 2.51. The third kappa shape index (κ3) is 4.75. The van der Waals surface area contributed by atoms with Crippen molar-refractivity contribution in [2.24, 2.45) is 0 Å². The largest absolute Gasteiger partial charge is 0.504 e. The molecule has 176 valence electrons. The summed E-state index contributed by atoms with van der Waals surface area (Å²) in [7, 11) is 0. The number of anilines is 1. The summed E-state index contributed by atoms with van der Waals surface area (Å²) >= 11 is 0. The van der Waals surface area contributed by atoms with Crippen LogP contribution in [0.25, 0.3) is 11.1 Å². The summed E-state index contributed by atoms with van der Waals surface area (Å²) in [5.74, 6) is -0.857. The van der Waals surface area contributed by atoms with E-state index in [9.17, 15) is 24.9 Å². The first kappa shape index (κ1) is 23.3. The molecule has 0 unspecified atom stereocenters. The Morgan fingerprint density at radius 1 is 0.971 bits per heavy atom. The molecule has 0 bridgehead atoms. The van der Waals surface area contributed by atoms with Gasteiger partial charge in [-0.15, -0.1) is 0 Å². The summed E-state index contributed by atoms with van der Waals surface area (Å²) in [5.41, 5.74) is 3.98. The number of carbonyl (C=O) groups excluding carboxylic acids is 2. The summed E-state index contributed by atoms with van der Waals surface area (Å²) in [5, 5.41) is 34.4. The molecule has 0 aliphatic heterocycles. The Kier molecular flexibility index (Phi) is 6.30. The number of aliphatic hydroxyl groups excluding tert-OH is 1. The molecule has 7 nitrogen and oxygen atoms in total. The fourth-order valence-corrected chi connectivity index (χ4v) is 4.00. The molecule has 1 aliphatic rings. The predicted molar refractivity (Wildman–Crippen MR) is 130 cm³/mol. The first-order chi connectivity index (χ1) is 16.2. The Labute approximate surface area is 198 Å². The fourth-order valence-electron chi connectivity index (χ4n) is 4.00. The second kappa shape index (κ2) is 9.19. The molecular weight excluding hydrogens is 432 g/mol. The standard InChI is InChI=1S/C27H28N2O5/c1-16-3-9-21(29-26(34)27(11-12-27)20-8-10-23(31)24(32)13-20)14-22(16)18-4-6-19(7-5-18)25(33)28-15-17(2)30/h3-10,13-14,17,30-32H,11-12,15H2,1-2H3,(H,28,33)(H,29,34)/t17-/m0/s1. The average Bonchev–Trinajstić information content (AvgIpc) is 3.63. The molecule has 1 aliphatic carbocycles. The van der Waals surface area contributed by atoms with Crippen molar-refractivity contribution in [3.8, 4) is 22.6 Å². The first-order valence-corrected chi connectivity index (χ1v) is 11.2. The van der Waals surface area contributed by atoms with Crippen LogP contribution in [-0.4, -0.2) is 39.8 Å². The molecule has 34 heavy (non-hydrogen) atoms. The maximum atomic E-state index is 13.1. The molecule has 0 spiro atoms. The zero-order chi connectivity index (χ0) is 24.5. The van der Waals surface area contributed by atoms with Crippen LogP contribution in [0.5, 0.6) is 11.5 Å². The maximum Gasteiger partial charge on any atom is 0.251 e. The lowest BCUT2D eigenvalue weighted by molar-refractivity contribution is -0.118. The summed E-state index contributed by atoms with van der Waals surface area (Å²) in [6.07, 6.45) is 0.721. The van der Waals surface area contributed by atoms with Crippen molar-refractivity contribution in [2.45, 2.75) is 38.2 Å². The molecule has 1 fully saturated rings. The Morgan fingerprint density at radius 3 is 2.29 bits per heavy atom. The van der Waals surface area contributed by atoms with Crippen LogP contribution in [0.3, 0.4) is 0 Å². The zero-order valence-electron chi connectivity index (χ0n) is 19.1. The van der Waals surface area contributed by atoms with Crippen molar-refractivity contribution in [1.82, 2.24) is 5.32 Å². The van der Waals surface area contributed by atoms with E-state index >= 15 is 0 Å². The minimum Gasteiger partial charge on any atom is -0.504 e. The van der Waals surface area contributed by atoms with Crippen molar-refractivity contribution >= 4 is 17.5 Å². The topological polar surface area (TPSA) is 119 Å². The van der Waals surface area contributed by atoms with Gasteiger partial charge in [-0.1, -0.05) is 24.3 Å². The minimum absolute atomic E-state index is 0.155. The average molecular weight is 461 g/mol. The van der Waals surface area contributed by atoms with Gasteiger partial charge < -0.3 is 26.0 Å². The first-order valence-electron chi connectivity index (χ1n) is 11.2. The highest BCUT2D eigenvalue weighted by Crippen LogP contribution is 2.50. The molecule has 5 N–H and O–H groups in total. The number of benzene rings is 3. The van der Waals surface area contributed by atoms with E-state index in [2.05, 4.69) is 10.6 Å². The van der Waals surface area contributed by atoms with Gasteiger partial charge in [0.1, 0.15) is 0 Å². The number of rotatable bonds is 7. The lowest BCUT2D eigenvalue weighted by Crippen LogP contribution is -2.30. The van der Waals surface area contributed by atoms with Crippen molar-refractivity contribution < 1.29 is 24.9 Å². The van der Waals surface area contributed by atoms with E-state index in [0.717, 1.165) is 16.7 Å². The monoisotopic (exact) mass is 460 g/mol. The molecule has 0 radical (unpaired) electrons. The van der Waals surface area contributed by atoms with Crippen LogP contribution in [0, 0.1) is 6.92 Å². The molecule has 2 amide bonds. The van der Waals surface area contributed by atoms with Crippen molar-refractivity contribution in [2.75, 3.05) is 11.9 Å². The molecule has 1 atom stereocenters. The van der Waals surface area contributed by atoms with Gasteiger partial charge >= 0.3 is 0 Å². The van der Waals surface area contributed by atoms with Crippen LogP contribution in [0.4, 0.5) is 5.69 Å². The minimum atomic E-state index is -0.711. The quantitative estimate of drug-likeness (QED) is 0.343. The van der Waals surface area contributed by atoms with Crippen LogP contribution >= 0.6 is 0 Å².